The lowest BCUT2D eigenvalue weighted by atomic mass is 10.0. The molecule has 0 unspecified atom stereocenters. The molecule has 1 aliphatic carbocycles. The molecule has 0 radical (unpaired) electrons. The quantitative estimate of drug-likeness (QED) is 0.672. The summed E-state index contributed by atoms with van der Waals surface area (Å²) in [5, 5.41) is 3.84. The van der Waals surface area contributed by atoms with Gasteiger partial charge in [0.2, 0.25) is 0 Å². The molecule has 5 rings (SSSR count). The molecule has 1 N–H and O–H groups in total. The van der Waals surface area contributed by atoms with Crippen molar-refractivity contribution in [3.8, 4) is 0 Å². The van der Waals surface area contributed by atoms with Crippen molar-refractivity contribution < 1.29 is 9.59 Å². The fourth-order valence-corrected chi connectivity index (χ4v) is 4.21. The van der Waals surface area contributed by atoms with E-state index >= 15 is 0 Å². The fourth-order valence-electron chi connectivity index (χ4n) is 4.21. The van der Waals surface area contributed by atoms with Crippen LogP contribution in [0.15, 0.2) is 54.6 Å². The molecule has 5 heteroatoms. The first kappa shape index (κ1) is 18.8. The van der Waals surface area contributed by atoms with Crippen LogP contribution in [0.4, 0.5) is 5.69 Å². The minimum Gasteiger partial charge on any atom is -0.339 e. The molecule has 2 amide bonds. The molecule has 0 spiro atoms. The summed E-state index contributed by atoms with van der Waals surface area (Å²) in [5.74, 6) is 0.243. The van der Waals surface area contributed by atoms with E-state index in [1.807, 2.05) is 47.4 Å². The van der Waals surface area contributed by atoms with Gasteiger partial charge in [-0.15, -0.1) is 0 Å². The molecule has 1 aliphatic heterocycles. The zero-order valence-electron chi connectivity index (χ0n) is 16.9. The lowest BCUT2D eigenvalue weighted by Gasteiger charge is -2.27. The van der Waals surface area contributed by atoms with Crippen molar-refractivity contribution in [2.24, 2.45) is 0 Å². The molecule has 1 saturated carbocycles. The lowest BCUT2D eigenvalue weighted by Crippen LogP contribution is -2.36. The van der Waals surface area contributed by atoms with Gasteiger partial charge < -0.3 is 10.2 Å². The minimum absolute atomic E-state index is 0.0103. The third-order valence-electron chi connectivity index (χ3n) is 6.03. The smallest absolute Gasteiger partial charge is 0.256 e. The number of amides is 2. The summed E-state index contributed by atoms with van der Waals surface area (Å²) in [6.45, 7) is 1.56. The van der Waals surface area contributed by atoms with Crippen LogP contribution in [0.5, 0.6) is 0 Å². The SMILES string of the molecule is O=C(Nc1ccccc1C(=O)N1CCCCC1)c1cc(C2CC2)nc2ccccc12. The molecular weight excluding hydrogens is 374 g/mol. The Morgan fingerprint density at radius 2 is 1.63 bits per heavy atom. The number of carbonyl (C=O) groups excluding carboxylic acids is 2. The molecule has 0 bridgehead atoms. The maximum absolute atomic E-state index is 13.3. The largest absolute Gasteiger partial charge is 0.339 e. The highest BCUT2D eigenvalue weighted by atomic mass is 16.2. The van der Waals surface area contributed by atoms with E-state index in [1.165, 1.54) is 6.42 Å². The van der Waals surface area contributed by atoms with E-state index in [4.69, 9.17) is 4.98 Å². The van der Waals surface area contributed by atoms with Gasteiger partial charge in [0, 0.05) is 30.1 Å². The molecule has 2 aromatic carbocycles. The number of hydrogen-bond acceptors (Lipinski definition) is 3. The number of likely N-dealkylation sites (tertiary alicyclic amines) is 1. The number of pyridine rings is 1. The zero-order valence-corrected chi connectivity index (χ0v) is 16.9. The molecule has 1 saturated heterocycles. The lowest BCUT2D eigenvalue weighted by molar-refractivity contribution is 0.0725. The minimum atomic E-state index is -0.200. The second-order valence-corrected chi connectivity index (χ2v) is 8.24. The van der Waals surface area contributed by atoms with Crippen molar-refractivity contribution >= 4 is 28.4 Å². The average Bonchev–Trinajstić information content (AvgIpc) is 3.64. The number of nitrogens with one attached hydrogen (secondary N) is 1. The van der Waals surface area contributed by atoms with Gasteiger partial charge >= 0.3 is 0 Å². The predicted octanol–water partition coefficient (Wildman–Crippen LogP) is 4.99. The molecule has 5 nitrogen and oxygen atoms in total. The Morgan fingerprint density at radius 3 is 2.43 bits per heavy atom. The van der Waals surface area contributed by atoms with Crippen LogP contribution in [0.1, 0.15) is 64.4 Å². The summed E-state index contributed by atoms with van der Waals surface area (Å²) >= 11 is 0. The number of nitrogens with zero attached hydrogens (tertiary/aromatic N) is 2. The number of anilines is 1. The van der Waals surface area contributed by atoms with Gasteiger partial charge in [-0.25, -0.2) is 0 Å². The van der Waals surface area contributed by atoms with Crippen molar-refractivity contribution in [1.29, 1.82) is 0 Å². The number of para-hydroxylation sites is 2. The summed E-state index contributed by atoms with van der Waals surface area (Å²) in [4.78, 5) is 33.0. The number of rotatable bonds is 4. The van der Waals surface area contributed by atoms with Crippen molar-refractivity contribution in [2.45, 2.75) is 38.0 Å². The van der Waals surface area contributed by atoms with Gasteiger partial charge in [0.15, 0.2) is 0 Å². The van der Waals surface area contributed by atoms with Crippen molar-refractivity contribution in [2.75, 3.05) is 18.4 Å². The van der Waals surface area contributed by atoms with Crippen LogP contribution in [0.3, 0.4) is 0 Å². The maximum Gasteiger partial charge on any atom is 0.256 e. The van der Waals surface area contributed by atoms with Gasteiger partial charge in [0.25, 0.3) is 11.8 Å². The summed E-state index contributed by atoms with van der Waals surface area (Å²) < 4.78 is 0. The Bertz CT molecular complexity index is 1110. The molecule has 30 heavy (non-hydrogen) atoms. The van der Waals surface area contributed by atoms with Gasteiger partial charge in [-0.05, 0) is 56.4 Å². The molecule has 1 aromatic heterocycles. The number of fused-ring (bicyclic) bond motifs is 1. The first-order valence-electron chi connectivity index (χ1n) is 10.8. The van der Waals surface area contributed by atoms with E-state index < -0.39 is 0 Å². The van der Waals surface area contributed by atoms with E-state index in [1.54, 1.807) is 12.1 Å². The number of aromatic nitrogens is 1. The van der Waals surface area contributed by atoms with E-state index in [0.29, 0.717) is 22.7 Å². The van der Waals surface area contributed by atoms with Crippen molar-refractivity contribution in [1.82, 2.24) is 9.88 Å². The van der Waals surface area contributed by atoms with Crippen molar-refractivity contribution in [3.63, 3.8) is 0 Å². The van der Waals surface area contributed by atoms with Crippen molar-refractivity contribution in [3.05, 3.63) is 71.4 Å². The molecular formula is C25H25N3O2. The Hall–Kier alpha value is -3.21. The first-order valence-corrected chi connectivity index (χ1v) is 10.8. The number of benzene rings is 2. The molecule has 2 aliphatic rings. The standard InChI is InChI=1S/C25H25N3O2/c29-24(20-16-23(17-12-13-17)26-21-10-4-2-8-18(20)21)27-22-11-5-3-9-19(22)25(30)28-14-6-1-7-15-28/h2-5,8-11,16-17H,1,6-7,12-15H2,(H,27,29). The summed E-state index contributed by atoms with van der Waals surface area (Å²) in [5.41, 5.74) is 3.55. The molecule has 0 atom stereocenters. The summed E-state index contributed by atoms with van der Waals surface area (Å²) in [7, 11) is 0. The maximum atomic E-state index is 13.3. The highest BCUT2D eigenvalue weighted by molar-refractivity contribution is 6.14. The molecule has 2 fully saturated rings. The van der Waals surface area contributed by atoms with Crippen LogP contribution in [0, 0.1) is 0 Å². The van der Waals surface area contributed by atoms with E-state index in [0.717, 1.165) is 55.4 Å². The van der Waals surface area contributed by atoms with E-state index in [-0.39, 0.29) is 11.8 Å². The third-order valence-corrected chi connectivity index (χ3v) is 6.03. The highest BCUT2D eigenvalue weighted by Gasteiger charge is 2.27. The normalized spacial score (nSPS) is 16.5. The summed E-state index contributed by atoms with van der Waals surface area (Å²) in [6.07, 6.45) is 5.49. The first-order chi connectivity index (χ1) is 14.7. The Kier molecular flexibility index (Phi) is 4.95. The summed E-state index contributed by atoms with van der Waals surface area (Å²) in [6, 6.07) is 17.0. The van der Waals surface area contributed by atoms with Crippen LogP contribution >= 0.6 is 0 Å². The topological polar surface area (TPSA) is 62.3 Å². The van der Waals surface area contributed by atoms with E-state index in [2.05, 4.69) is 5.32 Å². The highest BCUT2D eigenvalue weighted by Crippen LogP contribution is 2.40. The van der Waals surface area contributed by atoms with Gasteiger partial charge in [-0.3, -0.25) is 14.6 Å². The fraction of sp³-hybridized carbons (Fsp3) is 0.320. The number of carbonyl (C=O) groups is 2. The van der Waals surface area contributed by atoms with Gasteiger partial charge in [-0.1, -0.05) is 30.3 Å². The zero-order chi connectivity index (χ0) is 20.5. The third kappa shape index (κ3) is 3.67. The predicted molar refractivity (Wildman–Crippen MR) is 118 cm³/mol. The average molecular weight is 399 g/mol. The molecule has 2 heterocycles. The number of piperidine rings is 1. The van der Waals surface area contributed by atoms with Crippen LogP contribution in [0.2, 0.25) is 0 Å². The molecule has 152 valence electrons. The Balaban J connectivity index is 1.47. The Morgan fingerprint density at radius 1 is 0.900 bits per heavy atom. The monoisotopic (exact) mass is 399 g/mol. The second-order valence-electron chi connectivity index (χ2n) is 8.24. The van der Waals surface area contributed by atoms with E-state index in [9.17, 15) is 9.59 Å². The van der Waals surface area contributed by atoms with Crippen LogP contribution in [0.25, 0.3) is 10.9 Å². The van der Waals surface area contributed by atoms with Crippen LogP contribution < -0.4 is 5.32 Å². The van der Waals surface area contributed by atoms with Gasteiger partial charge in [-0.2, -0.15) is 0 Å². The molecule has 3 aromatic rings. The Labute approximate surface area is 176 Å². The van der Waals surface area contributed by atoms with Crippen LogP contribution in [-0.2, 0) is 0 Å². The number of hydrogen-bond donors (Lipinski definition) is 1. The van der Waals surface area contributed by atoms with Crippen LogP contribution in [-0.4, -0.2) is 34.8 Å². The van der Waals surface area contributed by atoms with Gasteiger partial charge in [0.05, 0.1) is 22.3 Å². The second kappa shape index (κ2) is 7.90. The van der Waals surface area contributed by atoms with Gasteiger partial charge in [0.1, 0.15) is 0 Å².